The van der Waals surface area contributed by atoms with Crippen molar-refractivity contribution in [2.75, 3.05) is 20.2 Å². The molecule has 0 aromatic heterocycles. The van der Waals surface area contributed by atoms with Crippen LogP contribution in [0.2, 0.25) is 0 Å². The number of hydrogen-bond acceptors (Lipinski definition) is 3. The molecule has 19 heavy (non-hydrogen) atoms. The summed E-state index contributed by atoms with van der Waals surface area (Å²) in [6.45, 7) is 5.92. The van der Waals surface area contributed by atoms with Gasteiger partial charge in [-0.2, -0.15) is 0 Å². The van der Waals surface area contributed by atoms with E-state index < -0.39 is 5.60 Å². The van der Waals surface area contributed by atoms with Crippen LogP contribution < -0.4 is 10.1 Å². The maximum Gasteiger partial charge on any atom is 0.119 e. The summed E-state index contributed by atoms with van der Waals surface area (Å²) in [6, 6.07) is 6.02. The molecular weight excluding hydrogens is 238 g/mol. The van der Waals surface area contributed by atoms with Gasteiger partial charge in [-0.3, -0.25) is 0 Å². The summed E-state index contributed by atoms with van der Waals surface area (Å²) >= 11 is 0. The summed E-state index contributed by atoms with van der Waals surface area (Å²) < 4.78 is 5.26. The van der Waals surface area contributed by atoms with E-state index in [2.05, 4.69) is 25.2 Å². The molecule has 3 nitrogen and oxygen atoms in total. The van der Waals surface area contributed by atoms with Gasteiger partial charge in [0.25, 0.3) is 0 Å². The zero-order chi connectivity index (χ0) is 13.9. The maximum atomic E-state index is 10.9. The third-order valence-electron chi connectivity index (χ3n) is 3.82. The standard InChI is InChI=1S/C16H25NO2/c1-12(2)10-17-11-16(18)8-4-5-13-9-14(19-3)6-7-15(13)16/h6-7,9,12,17-18H,4-5,8,10-11H2,1-3H3. The monoisotopic (exact) mass is 263 g/mol. The quantitative estimate of drug-likeness (QED) is 0.857. The third kappa shape index (κ3) is 3.28. The SMILES string of the molecule is COc1ccc2c(c1)CCCC2(O)CNCC(C)C. The first-order chi connectivity index (χ1) is 9.05. The van der Waals surface area contributed by atoms with E-state index in [4.69, 9.17) is 4.74 Å². The van der Waals surface area contributed by atoms with Crippen molar-refractivity contribution in [1.29, 1.82) is 0 Å². The number of methoxy groups -OCH3 is 1. The van der Waals surface area contributed by atoms with Crippen molar-refractivity contribution < 1.29 is 9.84 Å². The van der Waals surface area contributed by atoms with Gasteiger partial charge in [0.1, 0.15) is 11.4 Å². The Balaban J connectivity index is 2.16. The Hall–Kier alpha value is -1.06. The Labute approximate surface area is 116 Å². The summed E-state index contributed by atoms with van der Waals surface area (Å²) in [7, 11) is 1.68. The van der Waals surface area contributed by atoms with Crippen molar-refractivity contribution in [3.8, 4) is 5.75 Å². The van der Waals surface area contributed by atoms with Crippen LogP contribution in [0.1, 0.15) is 37.8 Å². The number of hydrogen-bond donors (Lipinski definition) is 2. The van der Waals surface area contributed by atoms with Crippen LogP contribution in [0.25, 0.3) is 0 Å². The topological polar surface area (TPSA) is 41.5 Å². The maximum absolute atomic E-state index is 10.9. The van der Waals surface area contributed by atoms with Crippen LogP contribution in [0, 0.1) is 5.92 Å². The molecule has 0 saturated heterocycles. The minimum Gasteiger partial charge on any atom is -0.497 e. The molecule has 0 saturated carbocycles. The lowest BCUT2D eigenvalue weighted by atomic mass is 9.79. The Morgan fingerprint density at radius 1 is 1.42 bits per heavy atom. The summed E-state index contributed by atoms with van der Waals surface area (Å²) in [4.78, 5) is 0. The summed E-state index contributed by atoms with van der Waals surface area (Å²) in [5.41, 5.74) is 1.56. The molecule has 1 aromatic carbocycles. The van der Waals surface area contributed by atoms with Crippen LogP contribution in [0.5, 0.6) is 5.75 Å². The van der Waals surface area contributed by atoms with Gasteiger partial charge in [0.15, 0.2) is 0 Å². The van der Waals surface area contributed by atoms with Crippen molar-refractivity contribution >= 4 is 0 Å². The Morgan fingerprint density at radius 3 is 2.89 bits per heavy atom. The van der Waals surface area contributed by atoms with E-state index in [1.165, 1.54) is 5.56 Å². The van der Waals surface area contributed by atoms with Gasteiger partial charge in [-0.25, -0.2) is 0 Å². The van der Waals surface area contributed by atoms with Crippen LogP contribution in [-0.2, 0) is 12.0 Å². The fraction of sp³-hybridized carbons (Fsp3) is 0.625. The first kappa shape index (κ1) is 14.4. The van der Waals surface area contributed by atoms with Crippen LogP contribution in [0.15, 0.2) is 18.2 Å². The summed E-state index contributed by atoms with van der Waals surface area (Å²) in [5.74, 6) is 1.47. The molecule has 106 valence electrons. The first-order valence-corrected chi connectivity index (χ1v) is 7.15. The second-order valence-corrected chi connectivity index (χ2v) is 5.93. The predicted molar refractivity (Wildman–Crippen MR) is 77.5 cm³/mol. The van der Waals surface area contributed by atoms with E-state index in [0.29, 0.717) is 12.5 Å². The van der Waals surface area contributed by atoms with Gasteiger partial charge < -0.3 is 15.2 Å². The van der Waals surface area contributed by atoms with E-state index in [-0.39, 0.29) is 0 Å². The third-order valence-corrected chi connectivity index (χ3v) is 3.82. The molecule has 0 bridgehead atoms. The molecule has 2 rings (SSSR count). The second-order valence-electron chi connectivity index (χ2n) is 5.93. The van der Waals surface area contributed by atoms with Crippen LogP contribution in [0.3, 0.4) is 0 Å². The van der Waals surface area contributed by atoms with Crippen molar-refractivity contribution in [3.63, 3.8) is 0 Å². The average Bonchev–Trinajstić information content (AvgIpc) is 2.38. The number of fused-ring (bicyclic) bond motifs is 1. The normalized spacial score (nSPS) is 22.4. The smallest absolute Gasteiger partial charge is 0.119 e. The Bertz CT molecular complexity index is 431. The zero-order valence-electron chi connectivity index (χ0n) is 12.2. The van der Waals surface area contributed by atoms with Gasteiger partial charge in [0, 0.05) is 6.54 Å². The summed E-state index contributed by atoms with van der Waals surface area (Å²) in [6.07, 6.45) is 2.89. The first-order valence-electron chi connectivity index (χ1n) is 7.15. The molecule has 1 aliphatic rings. The molecule has 0 fully saturated rings. The molecule has 1 aliphatic carbocycles. The van der Waals surface area contributed by atoms with Crippen molar-refractivity contribution in [2.45, 2.75) is 38.7 Å². The number of nitrogens with one attached hydrogen (secondary N) is 1. The molecule has 1 atom stereocenters. The lowest BCUT2D eigenvalue weighted by Gasteiger charge is -2.35. The van der Waals surface area contributed by atoms with Gasteiger partial charge in [0.05, 0.1) is 7.11 Å². The summed E-state index contributed by atoms with van der Waals surface area (Å²) in [5, 5.41) is 14.3. The number of ether oxygens (including phenoxy) is 1. The van der Waals surface area contributed by atoms with Gasteiger partial charge in [-0.05, 0) is 55.0 Å². The fourth-order valence-electron chi connectivity index (χ4n) is 2.82. The molecule has 1 aromatic rings. The molecule has 0 radical (unpaired) electrons. The Kier molecular flexibility index (Phi) is 4.48. The number of benzene rings is 1. The van der Waals surface area contributed by atoms with E-state index in [1.54, 1.807) is 7.11 Å². The highest BCUT2D eigenvalue weighted by Crippen LogP contribution is 2.36. The fourth-order valence-corrected chi connectivity index (χ4v) is 2.82. The molecule has 0 amide bonds. The highest BCUT2D eigenvalue weighted by atomic mass is 16.5. The average molecular weight is 263 g/mol. The zero-order valence-corrected chi connectivity index (χ0v) is 12.2. The molecule has 1 unspecified atom stereocenters. The van der Waals surface area contributed by atoms with Crippen molar-refractivity contribution in [3.05, 3.63) is 29.3 Å². The van der Waals surface area contributed by atoms with Crippen molar-refractivity contribution in [1.82, 2.24) is 5.32 Å². The number of rotatable bonds is 5. The molecule has 3 heteroatoms. The molecule has 0 spiro atoms. The van der Waals surface area contributed by atoms with Gasteiger partial charge >= 0.3 is 0 Å². The van der Waals surface area contributed by atoms with E-state index in [0.717, 1.165) is 37.1 Å². The lowest BCUT2D eigenvalue weighted by molar-refractivity contribution is 0.0187. The molecule has 2 N–H and O–H groups in total. The highest BCUT2D eigenvalue weighted by molar-refractivity contribution is 5.41. The van der Waals surface area contributed by atoms with E-state index in [1.807, 2.05) is 12.1 Å². The van der Waals surface area contributed by atoms with Gasteiger partial charge in [-0.15, -0.1) is 0 Å². The minimum atomic E-state index is -0.727. The number of aryl methyl sites for hydroxylation is 1. The molecule has 0 heterocycles. The number of aliphatic hydroxyl groups is 1. The largest absolute Gasteiger partial charge is 0.497 e. The lowest BCUT2D eigenvalue weighted by Crippen LogP contribution is -2.41. The molecular formula is C16H25NO2. The van der Waals surface area contributed by atoms with Crippen LogP contribution >= 0.6 is 0 Å². The van der Waals surface area contributed by atoms with E-state index in [9.17, 15) is 5.11 Å². The molecule has 0 aliphatic heterocycles. The van der Waals surface area contributed by atoms with Gasteiger partial charge in [0.2, 0.25) is 0 Å². The van der Waals surface area contributed by atoms with Gasteiger partial charge in [-0.1, -0.05) is 19.9 Å². The minimum absolute atomic E-state index is 0.600. The predicted octanol–water partition coefficient (Wildman–Crippen LogP) is 2.46. The van der Waals surface area contributed by atoms with Crippen molar-refractivity contribution in [2.24, 2.45) is 5.92 Å². The second kappa shape index (κ2) is 5.93. The van der Waals surface area contributed by atoms with Crippen LogP contribution in [0.4, 0.5) is 0 Å². The Morgan fingerprint density at radius 2 is 2.21 bits per heavy atom. The van der Waals surface area contributed by atoms with E-state index >= 15 is 0 Å². The van der Waals surface area contributed by atoms with Crippen LogP contribution in [-0.4, -0.2) is 25.3 Å². The highest BCUT2D eigenvalue weighted by Gasteiger charge is 2.34.